The molecule has 0 aliphatic heterocycles. The molecule has 6 heteroatoms. The van der Waals surface area contributed by atoms with Crippen molar-refractivity contribution in [2.75, 3.05) is 0 Å². The number of hydrogen-bond acceptors (Lipinski definition) is 2. The molecule has 2 heterocycles. The molecule has 0 aliphatic rings. The molecule has 102 valence electrons. The van der Waals surface area contributed by atoms with Crippen molar-refractivity contribution in [3.63, 3.8) is 0 Å². The molecule has 0 spiro atoms. The van der Waals surface area contributed by atoms with E-state index in [0.717, 1.165) is 17.0 Å². The highest BCUT2D eigenvalue weighted by atomic mass is 35.5. The lowest BCUT2D eigenvalue weighted by Gasteiger charge is -2.09. The van der Waals surface area contributed by atoms with Gasteiger partial charge in [0, 0.05) is 12.7 Å². The predicted octanol–water partition coefficient (Wildman–Crippen LogP) is 2.72. The van der Waals surface area contributed by atoms with Gasteiger partial charge in [-0.3, -0.25) is 4.68 Å². The van der Waals surface area contributed by atoms with E-state index in [-0.39, 0.29) is 5.69 Å². The summed E-state index contributed by atoms with van der Waals surface area (Å²) in [5, 5.41) is 14.2. The maximum atomic E-state index is 11.3. The van der Waals surface area contributed by atoms with Gasteiger partial charge in [0.25, 0.3) is 0 Å². The van der Waals surface area contributed by atoms with Crippen molar-refractivity contribution in [2.45, 2.75) is 33.9 Å². The maximum absolute atomic E-state index is 11.3. The predicted molar refractivity (Wildman–Crippen MR) is 72.9 cm³/mol. The number of carboxylic acids is 1. The third-order valence-corrected chi connectivity index (χ3v) is 3.63. The fourth-order valence-corrected chi connectivity index (χ4v) is 2.38. The Labute approximate surface area is 116 Å². The molecule has 0 atom stereocenters. The number of aromatic carboxylic acids is 1. The van der Waals surface area contributed by atoms with E-state index in [9.17, 15) is 9.90 Å². The van der Waals surface area contributed by atoms with Crippen LogP contribution in [0.2, 0.25) is 5.02 Å². The first-order valence-corrected chi connectivity index (χ1v) is 6.44. The van der Waals surface area contributed by atoms with Gasteiger partial charge in [0.1, 0.15) is 5.69 Å². The zero-order chi connectivity index (χ0) is 14.2. The minimum atomic E-state index is -0.932. The van der Waals surface area contributed by atoms with Gasteiger partial charge in [-0.1, -0.05) is 11.6 Å². The highest BCUT2D eigenvalue weighted by Crippen LogP contribution is 2.22. The number of carboxylic acid groups (broad SMARTS) is 1. The molecule has 2 aromatic heterocycles. The fourth-order valence-electron chi connectivity index (χ4n) is 2.19. The summed E-state index contributed by atoms with van der Waals surface area (Å²) >= 11 is 6.24. The van der Waals surface area contributed by atoms with E-state index < -0.39 is 5.97 Å². The summed E-state index contributed by atoms with van der Waals surface area (Å²) in [4.78, 5) is 11.3. The Morgan fingerprint density at radius 3 is 2.74 bits per heavy atom. The lowest BCUT2D eigenvalue weighted by molar-refractivity contribution is 0.0685. The third kappa shape index (κ3) is 2.38. The minimum Gasteiger partial charge on any atom is -0.477 e. The number of hydrogen-bond donors (Lipinski definition) is 1. The molecule has 19 heavy (non-hydrogen) atoms. The summed E-state index contributed by atoms with van der Waals surface area (Å²) in [7, 11) is 0. The summed E-state index contributed by atoms with van der Waals surface area (Å²) in [6.07, 6.45) is 1.76. The number of halogens is 1. The maximum Gasteiger partial charge on any atom is 0.352 e. The van der Waals surface area contributed by atoms with Crippen LogP contribution in [0.1, 0.15) is 34.4 Å². The van der Waals surface area contributed by atoms with Gasteiger partial charge in [-0.2, -0.15) is 5.10 Å². The lowest BCUT2D eigenvalue weighted by Crippen LogP contribution is -2.13. The summed E-state index contributed by atoms with van der Waals surface area (Å²) in [5.74, 6) is -0.932. The average Bonchev–Trinajstić information content (AvgIpc) is 2.84. The van der Waals surface area contributed by atoms with E-state index in [4.69, 9.17) is 11.6 Å². The van der Waals surface area contributed by atoms with Gasteiger partial charge in [-0.25, -0.2) is 4.79 Å². The zero-order valence-corrected chi connectivity index (χ0v) is 11.9. The molecule has 1 N–H and O–H groups in total. The van der Waals surface area contributed by atoms with E-state index in [0.29, 0.717) is 18.1 Å². The van der Waals surface area contributed by atoms with Crippen molar-refractivity contribution in [3.8, 4) is 0 Å². The second-order valence-electron chi connectivity index (χ2n) is 4.44. The van der Waals surface area contributed by atoms with Crippen LogP contribution in [0.15, 0.2) is 12.3 Å². The van der Waals surface area contributed by atoms with Gasteiger partial charge in [-0.05, 0) is 32.4 Å². The van der Waals surface area contributed by atoms with Crippen LogP contribution in [-0.4, -0.2) is 25.4 Å². The largest absolute Gasteiger partial charge is 0.477 e. The Hall–Kier alpha value is -1.75. The number of nitrogens with zero attached hydrogens (tertiary/aromatic N) is 3. The van der Waals surface area contributed by atoms with Crippen molar-refractivity contribution in [3.05, 3.63) is 39.9 Å². The van der Waals surface area contributed by atoms with Crippen LogP contribution in [-0.2, 0) is 13.1 Å². The van der Waals surface area contributed by atoms with Crippen LogP contribution in [0.25, 0.3) is 0 Å². The van der Waals surface area contributed by atoms with E-state index in [2.05, 4.69) is 5.10 Å². The van der Waals surface area contributed by atoms with Crippen molar-refractivity contribution >= 4 is 17.6 Å². The van der Waals surface area contributed by atoms with Gasteiger partial charge < -0.3 is 9.67 Å². The quantitative estimate of drug-likeness (QED) is 0.937. The smallest absolute Gasteiger partial charge is 0.352 e. The molecule has 0 amide bonds. The normalized spacial score (nSPS) is 10.9. The number of aryl methyl sites for hydroxylation is 3. The first kappa shape index (κ1) is 13.7. The highest BCUT2D eigenvalue weighted by molar-refractivity contribution is 6.31. The average molecular weight is 282 g/mol. The summed E-state index contributed by atoms with van der Waals surface area (Å²) in [6, 6.07) is 1.79. The SMILES string of the molecule is CCn1nc(C)c(Cl)c1Cn1ccc(C)c1C(=O)O. The number of rotatable bonds is 4. The monoisotopic (exact) mass is 281 g/mol. The molecular formula is C13H16ClN3O2. The minimum absolute atomic E-state index is 0.289. The van der Waals surface area contributed by atoms with Gasteiger partial charge >= 0.3 is 5.97 Å². The van der Waals surface area contributed by atoms with Gasteiger partial charge in [0.05, 0.1) is 23.0 Å². The Morgan fingerprint density at radius 2 is 2.16 bits per heavy atom. The summed E-state index contributed by atoms with van der Waals surface area (Å²) in [6.45, 7) is 6.71. The lowest BCUT2D eigenvalue weighted by atomic mass is 10.2. The first-order chi connectivity index (χ1) is 8.95. The van der Waals surface area contributed by atoms with Crippen LogP contribution >= 0.6 is 11.6 Å². The van der Waals surface area contributed by atoms with Crippen molar-refractivity contribution in [1.82, 2.24) is 14.3 Å². The van der Waals surface area contributed by atoms with E-state index >= 15 is 0 Å². The third-order valence-electron chi connectivity index (χ3n) is 3.14. The fraction of sp³-hybridized carbons (Fsp3) is 0.385. The molecule has 0 bridgehead atoms. The Balaban J connectivity index is 2.45. The van der Waals surface area contributed by atoms with Crippen LogP contribution < -0.4 is 0 Å². The van der Waals surface area contributed by atoms with E-state index in [1.54, 1.807) is 28.4 Å². The van der Waals surface area contributed by atoms with Gasteiger partial charge in [0.15, 0.2) is 0 Å². The molecule has 0 aliphatic carbocycles. The van der Waals surface area contributed by atoms with E-state index in [1.165, 1.54) is 0 Å². The van der Waals surface area contributed by atoms with Crippen LogP contribution in [0.3, 0.4) is 0 Å². The Bertz CT molecular complexity index is 628. The van der Waals surface area contributed by atoms with Crippen molar-refractivity contribution in [1.29, 1.82) is 0 Å². The van der Waals surface area contributed by atoms with Crippen molar-refractivity contribution < 1.29 is 9.90 Å². The molecule has 0 saturated carbocycles. The molecule has 2 aromatic rings. The summed E-state index contributed by atoms with van der Waals surface area (Å²) < 4.78 is 3.49. The standard InChI is InChI=1S/C13H16ClN3O2/c1-4-17-10(11(14)9(3)15-17)7-16-6-5-8(2)12(16)13(18)19/h5-6H,4,7H2,1-3H3,(H,18,19). The van der Waals surface area contributed by atoms with Gasteiger partial charge in [-0.15, -0.1) is 0 Å². The Kier molecular flexibility index (Phi) is 3.66. The molecule has 0 unspecified atom stereocenters. The molecular weight excluding hydrogens is 266 g/mol. The molecule has 0 radical (unpaired) electrons. The van der Waals surface area contributed by atoms with Crippen LogP contribution in [0, 0.1) is 13.8 Å². The number of carbonyl (C=O) groups is 1. The highest BCUT2D eigenvalue weighted by Gasteiger charge is 2.18. The molecule has 5 nitrogen and oxygen atoms in total. The van der Waals surface area contributed by atoms with Crippen LogP contribution in [0.5, 0.6) is 0 Å². The molecule has 2 rings (SSSR count). The summed E-state index contributed by atoms with van der Waals surface area (Å²) in [5.41, 5.74) is 2.62. The van der Waals surface area contributed by atoms with Gasteiger partial charge in [0.2, 0.25) is 0 Å². The topological polar surface area (TPSA) is 60.0 Å². The second-order valence-corrected chi connectivity index (χ2v) is 4.82. The molecule has 0 aromatic carbocycles. The first-order valence-electron chi connectivity index (χ1n) is 6.06. The molecule has 0 saturated heterocycles. The zero-order valence-electron chi connectivity index (χ0n) is 11.1. The van der Waals surface area contributed by atoms with Crippen molar-refractivity contribution in [2.24, 2.45) is 0 Å². The second kappa shape index (κ2) is 5.09. The van der Waals surface area contributed by atoms with Crippen LogP contribution in [0.4, 0.5) is 0 Å². The Morgan fingerprint density at radius 1 is 1.47 bits per heavy atom. The van der Waals surface area contributed by atoms with E-state index in [1.807, 2.05) is 13.8 Å². The molecule has 0 fully saturated rings. The number of aromatic nitrogens is 3.